The highest BCUT2D eigenvalue weighted by atomic mass is 35.5. The van der Waals surface area contributed by atoms with Crippen molar-refractivity contribution in [2.45, 2.75) is 12.5 Å². The molecule has 1 unspecified atom stereocenters. The third-order valence-corrected chi connectivity index (χ3v) is 3.58. The van der Waals surface area contributed by atoms with Gasteiger partial charge in [-0.05, 0) is 18.1 Å². The molecular weight excluding hydrogens is 267 g/mol. The Morgan fingerprint density at radius 1 is 1.44 bits per heavy atom. The maximum absolute atomic E-state index is 6.28. The fraction of sp³-hybridized carbons (Fsp3) is 0.429. The van der Waals surface area contributed by atoms with Crippen LogP contribution in [0.4, 0.5) is 0 Å². The molecule has 100 valence electrons. The summed E-state index contributed by atoms with van der Waals surface area (Å²) >= 11 is 6.28. The van der Waals surface area contributed by atoms with Gasteiger partial charge in [-0.1, -0.05) is 35.9 Å². The Bertz CT molecular complexity index is 382. The lowest BCUT2D eigenvalue weighted by molar-refractivity contribution is 0.165. The third-order valence-electron chi connectivity index (χ3n) is 3.24. The molecule has 2 rings (SSSR count). The van der Waals surface area contributed by atoms with Crippen LogP contribution in [0, 0.1) is 0 Å². The van der Waals surface area contributed by atoms with Gasteiger partial charge in [-0.15, -0.1) is 19.0 Å². The van der Waals surface area contributed by atoms with Crippen LogP contribution in [0.1, 0.15) is 18.0 Å². The van der Waals surface area contributed by atoms with E-state index in [2.05, 4.69) is 28.9 Å². The first-order valence-electron chi connectivity index (χ1n) is 6.13. The smallest absolute Gasteiger partial charge is 0.0488 e. The van der Waals surface area contributed by atoms with Crippen molar-refractivity contribution in [3.05, 3.63) is 47.5 Å². The van der Waals surface area contributed by atoms with Crippen LogP contribution in [0.2, 0.25) is 5.02 Å². The van der Waals surface area contributed by atoms with E-state index in [4.69, 9.17) is 11.6 Å². The highest BCUT2D eigenvalue weighted by Crippen LogP contribution is 2.28. The second kappa shape index (κ2) is 7.80. The molecule has 0 aliphatic carbocycles. The van der Waals surface area contributed by atoms with Gasteiger partial charge in [0.25, 0.3) is 0 Å². The van der Waals surface area contributed by atoms with Gasteiger partial charge in [-0.25, -0.2) is 0 Å². The van der Waals surface area contributed by atoms with Crippen LogP contribution in [0.25, 0.3) is 0 Å². The summed E-state index contributed by atoms with van der Waals surface area (Å²) in [5, 5.41) is 4.31. The molecule has 4 heteroatoms. The molecule has 0 amide bonds. The quantitative estimate of drug-likeness (QED) is 0.855. The molecular formula is C14H20Cl2N2. The highest BCUT2D eigenvalue weighted by molar-refractivity contribution is 6.31. The number of hydrogen-bond donors (Lipinski definition) is 1. The summed E-state index contributed by atoms with van der Waals surface area (Å²) in [6.45, 7) is 7.95. The lowest BCUT2D eigenvalue weighted by Gasteiger charge is -2.36. The summed E-state index contributed by atoms with van der Waals surface area (Å²) in [6.07, 6.45) is 3.01. The summed E-state index contributed by atoms with van der Waals surface area (Å²) in [4.78, 5) is 2.49. The van der Waals surface area contributed by atoms with Crippen molar-refractivity contribution >= 4 is 24.0 Å². The predicted molar refractivity (Wildman–Crippen MR) is 80.7 cm³/mol. The van der Waals surface area contributed by atoms with Crippen LogP contribution in [0.15, 0.2) is 36.9 Å². The van der Waals surface area contributed by atoms with E-state index in [1.165, 1.54) is 5.56 Å². The number of nitrogens with zero attached hydrogens (tertiary/aromatic N) is 1. The van der Waals surface area contributed by atoms with Crippen LogP contribution < -0.4 is 5.32 Å². The van der Waals surface area contributed by atoms with E-state index in [1.54, 1.807) is 0 Å². The van der Waals surface area contributed by atoms with Gasteiger partial charge in [0.05, 0.1) is 0 Å². The molecule has 18 heavy (non-hydrogen) atoms. The van der Waals surface area contributed by atoms with Crippen LogP contribution in [0.3, 0.4) is 0 Å². The Morgan fingerprint density at radius 3 is 2.94 bits per heavy atom. The molecule has 0 spiro atoms. The van der Waals surface area contributed by atoms with E-state index in [0.29, 0.717) is 6.04 Å². The SMILES string of the molecule is C=CCCN1CCNCC1c1ccccc1Cl.Cl. The standard InChI is InChI=1S/C14H19ClN2.ClH/c1-2-3-9-17-10-8-16-11-14(17)12-6-4-5-7-13(12)15;/h2,4-7,14,16H,1,3,8-11H2;1H. The molecule has 0 saturated carbocycles. The first kappa shape index (κ1) is 15.5. The van der Waals surface area contributed by atoms with Gasteiger partial charge in [0.2, 0.25) is 0 Å². The minimum absolute atomic E-state index is 0. The zero-order valence-electron chi connectivity index (χ0n) is 10.4. The van der Waals surface area contributed by atoms with Gasteiger partial charge >= 0.3 is 0 Å². The molecule has 1 aromatic rings. The normalized spacial score (nSPS) is 20.2. The second-order valence-corrected chi connectivity index (χ2v) is 4.76. The predicted octanol–water partition coefficient (Wildman–Crippen LogP) is 3.28. The number of benzene rings is 1. The van der Waals surface area contributed by atoms with Crippen molar-refractivity contribution in [3.8, 4) is 0 Å². The maximum Gasteiger partial charge on any atom is 0.0488 e. The first-order chi connectivity index (χ1) is 8.33. The van der Waals surface area contributed by atoms with E-state index >= 15 is 0 Å². The molecule has 0 radical (unpaired) electrons. The number of piperazine rings is 1. The summed E-state index contributed by atoms with van der Waals surface area (Å²) in [5.41, 5.74) is 1.23. The Labute approximate surface area is 120 Å². The Kier molecular flexibility index (Phi) is 6.72. The van der Waals surface area contributed by atoms with E-state index < -0.39 is 0 Å². The zero-order chi connectivity index (χ0) is 12.1. The molecule has 1 saturated heterocycles. The zero-order valence-corrected chi connectivity index (χ0v) is 12.0. The van der Waals surface area contributed by atoms with Crippen LogP contribution in [0.5, 0.6) is 0 Å². The summed E-state index contributed by atoms with van der Waals surface area (Å²) in [5.74, 6) is 0. The molecule has 0 aromatic heterocycles. The Hall–Kier alpha value is -0.540. The molecule has 1 heterocycles. The molecule has 1 atom stereocenters. The van der Waals surface area contributed by atoms with E-state index in [1.807, 2.05) is 18.2 Å². The molecule has 1 N–H and O–H groups in total. The second-order valence-electron chi connectivity index (χ2n) is 4.35. The summed E-state index contributed by atoms with van der Waals surface area (Å²) in [6, 6.07) is 8.52. The molecule has 1 fully saturated rings. The van der Waals surface area contributed by atoms with E-state index in [-0.39, 0.29) is 12.4 Å². The topological polar surface area (TPSA) is 15.3 Å². The fourth-order valence-electron chi connectivity index (χ4n) is 2.32. The molecule has 1 aliphatic heterocycles. The van der Waals surface area contributed by atoms with Gasteiger partial charge < -0.3 is 5.32 Å². The van der Waals surface area contributed by atoms with Crippen molar-refractivity contribution in [2.75, 3.05) is 26.2 Å². The fourth-order valence-corrected chi connectivity index (χ4v) is 2.58. The maximum atomic E-state index is 6.28. The Morgan fingerprint density at radius 2 is 2.22 bits per heavy atom. The summed E-state index contributed by atoms with van der Waals surface area (Å²) < 4.78 is 0. The number of rotatable bonds is 4. The molecule has 0 bridgehead atoms. The average Bonchev–Trinajstić information content (AvgIpc) is 2.37. The highest BCUT2D eigenvalue weighted by Gasteiger charge is 2.24. The van der Waals surface area contributed by atoms with Gasteiger partial charge in [0.15, 0.2) is 0 Å². The Balaban J connectivity index is 0.00000162. The number of nitrogens with one attached hydrogen (secondary N) is 1. The van der Waals surface area contributed by atoms with Crippen molar-refractivity contribution in [2.24, 2.45) is 0 Å². The van der Waals surface area contributed by atoms with Crippen LogP contribution in [-0.4, -0.2) is 31.1 Å². The van der Waals surface area contributed by atoms with Crippen molar-refractivity contribution in [3.63, 3.8) is 0 Å². The molecule has 2 nitrogen and oxygen atoms in total. The van der Waals surface area contributed by atoms with Gasteiger partial charge in [-0.3, -0.25) is 4.90 Å². The van der Waals surface area contributed by atoms with Gasteiger partial charge in [0, 0.05) is 37.2 Å². The minimum atomic E-state index is 0. The first-order valence-corrected chi connectivity index (χ1v) is 6.51. The van der Waals surface area contributed by atoms with E-state index in [0.717, 1.165) is 37.6 Å². The lowest BCUT2D eigenvalue weighted by atomic mass is 10.0. The van der Waals surface area contributed by atoms with Crippen LogP contribution in [-0.2, 0) is 0 Å². The third kappa shape index (κ3) is 3.72. The van der Waals surface area contributed by atoms with Gasteiger partial charge in [0.1, 0.15) is 0 Å². The monoisotopic (exact) mass is 286 g/mol. The minimum Gasteiger partial charge on any atom is -0.314 e. The summed E-state index contributed by atoms with van der Waals surface area (Å²) in [7, 11) is 0. The van der Waals surface area contributed by atoms with E-state index in [9.17, 15) is 0 Å². The number of halogens is 2. The van der Waals surface area contributed by atoms with Crippen molar-refractivity contribution in [1.29, 1.82) is 0 Å². The van der Waals surface area contributed by atoms with Gasteiger partial charge in [-0.2, -0.15) is 0 Å². The van der Waals surface area contributed by atoms with Crippen molar-refractivity contribution < 1.29 is 0 Å². The lowest BCUT2D eigenvalue weighted by Crippen LogP contribution is -2.46. The largest absolute Gasteiger partial charge is 0.314 e. The van der Waals surface area contributed by atoms with Crippen LogP contribution >= 0.6 is 24.0 Å². The molecule has 1 aromatic carbocycles. The number of hydrogen-bond acceptors (Lipinski definition) is 2. The molecule has 1 aliphatic rings. The van der Waals surface area contributed by atoms with Crippen molar-refractivity contribution in [1.82, 2.24) is 10.2 Å². The average molecular weight is 287 g/mol.